The van der Waals surface area contributed by atoms with Crippen LogP contribution in [0.25, 0.3) is 0 Å². The second-order valence-corrected chi connectivity index (χ2v) is 6.01. The maximum absolute atomic E-state index is 11.8. The lowest BCUT2D eigenvalue weighted by Crippen LogP contribution is -2.19. The van der Waals surface area contributed by atoms with Crippen LogP contribution >= 0.6 is 27.5 Å². The fraction of sp³-hybridized carbons (Fsp3) is 0.176. The molecule has 0 aromatic heterocycles. The molecule has 0 bridgehead atoms. The van der Waals surface area contributed by atoms with Crippen molar-refractivity contribution in [1.29, 1.82) is 0 Å². The Morgan fingerprint density at radius 1 is 1.30 bits per heavy atom. The molecule has 2 rings (SSSR count). The summed E-state index contributed by atoms with van der Waals surface area (Å²) in [5.41, 5.74) is 4.24. The van der Waals surface area contributed by atoms with Crippen LogP contribution < -0.4 is 10.2 Å². The molecule has 4 nitrogen and oxygen atoms in total. The van der Waals surface area contributed by atoms with E-state index in [2.05, 4.69) is 26.5 Å². The van der Waals surface area contributed by atoms with Crippen molar-refractivity contribution in [2.75, 3.05) is 6.61 Å². The molecule has 0 aliphatic heterocycles. The minimum atomic E-state index is -0.187. The summed E-state index contributed by atoms with van der Waals surface area (Å²) in [5, 5.41) is 4.61. The van der Waals surface area contributed by atoms with Gasteiger partial charge in [0, 0.05) is 5.02 Å². The minimum absolute atomic E-state index is 0.187. The van der Waals surface area contributed by atoms with Crippen molar-refractivity contribution in [1.82, 2.24) is 5.43 Å². The summed E-state index contributed by atoms with van der Waals surface area (Å²) in [7, 11) is 0. The van der Waals surface area contributed by atoms with Crippen molar-refractivity contribution in [2.24, 2.45) is 5.10 Å². The van der Waals surface area contributed by atoms with E-state index in [0.717, 1.165) is 21.3 Å². The van der Waals surface area contributed by atoms with Crippen LogP contribution in [0.2, 0.25) is 5.02 Å². The number of carbonyl (C=O) groups excluding carboxylic acids is 1. The summed E-state index contributed by atoms with van der Waals surface area (Å²) in [6.07, 6.45) is 1.84. The topological polar surface area (TPSA) is 50.7 Å². The molecule has 0 atom stereocenters. The van der Waals surface area contributed by atoms with Crippen molar-refractivity contribution < 1.29 is 9.53 Å². The van der Waals surface area contributed by atoms with Gasteiger partial charge in [0.25, 0.3) is 0 Å². The van der Waals surface area contributed by atoms with Crippen molar-refractivity contribution >= 4 is 39.7 Å². The Morgan fingerprint density at radius 3 is 2.70 bits per heavy atom. The van der Waals surface area contributed by atoms with E-state index in [0.29, 0.717) is 11.6 Å². The number of nitrogens with one attached hydrogen (secondary N) is 1. The normalized spacial score (nSPS) is 10.7. The maximum Gasteiger partial charge on any atom is 0.244 e. The lowest BCUT2D eigenvalue weighted by molar-refractivity contribution is -0.120. The van der Waals surface area contributed by atoms with Crippen LogP contribution in [0.4, 0.5) is 0 Å². The summed E-state index contributed by atoms with van der Waals surface area (Å²) in [6.45, 7) is 2.53. The molecule has 0 aliphatic rings. The van der Waals surface area contributed by atoms with Gasteiger partial charge in [-0.3, -0.25) is 4.79 Å². The van der Waals surface area contributed by atoms with Gasteiger partial charge in [-0.15, -0.1) is 0 Å². The van der Waals surface area contributed by atoms with E-state index in [9.17, 15) is 4.79 Å². The summed E-state index contributed by atoms with van der Waals surface area (Å²) in [6, 6.07) is 12.7. The number of amides is 1. The molecule has 23 heavy (non-hydrogen) atoms. The molecule has 2 aromatic carbocycles. The van der Waals surface area contributed by atoms with Gasteiger partial charge in [0.05, 0.1) is 23.7 Å². The Kier molecular flexibility index (Phi) is 6.62. The third-order valence-corrected chi connectivity index (χ3v) is 3.81. The van der Waals surface area contributed by atoms with Crippen LogP contribution in [0.15, 0.2) is 52.0 Å². The lowest BCUT2D eigenvalue weighted by atomic mass is 10.1. The second kappa shape index (κ2) is 8.70. The Morgan fingerprint density at radius 2 is 2.04 bits per heavy atom. The molecule has 0 radical (unpaired) electrons. The SMILES string of the molecule is CCOc1ccc(/C=N\NC(=O)Cc2ccc(Cl)cc2)cc1Br. The predicted octanol–water partition coefficient (Wildman–Crippen LogP) is 4.19. The first-order valence-electron chi connectivity index (χ1n) is 7.07. The van der Waals surface area contributed by atoms with E-state index in [-0.39, 0.29) is 12.3 Å². The van der Waals surface area contributed by atoms with E-state index in [1.165, 1.54) is 0 Å². The van der Waals surface area contributed by atoms with Crippen molar-refractivity contribution in [3.63, 3.8) is 0 Å². The van der Waals surface area contributed by atoms with Crippen molar-refractivity contribution in [2.45, 2.75) is 13.3 Å². The average Bonchev–Trinajstić information content (AvgIpc) is 2.52. The number of benzene rings is 2. The average molecular weight is 396 g/mol. The van der Waals surface area contributed by atoms with Crippen molar-refractivity contribution in [3.05, 3.63) is 63.1 Å². The molecular formula is C17H16BrClN2O2. The second-order valence-electron chi connectivity index (χ2n) is 4.72. The Balaban J connectivity index is 1.89. The van der Waals surface area contributed by atoms with Crippen LogP contribution in [0.1, 0.15) is 18.1 Å². The van der Waals surface area contributed by atoms with Gasteiger partial charge in [0.15, 0.2) is 0 Å². The largest absolute Gasteiger partial charge is 0.493 e. The Hall–Kier alpha value is -1.85. The molecule has 2 aromatic rings. The molecule has 0 saturated carbocycles. The summed E-state index contributed by atoms with van der Waals surface area (Å²) >= 11 is 9.24. The fourth-order valence-corrected chi connectivity index (χ4v) is 2.51. The fourth-order valence-electron chi connectivity index (χ4n) is 1.88. The highest BCUT2D eigenvalue weighted by molar-refractivity contribution is 9.10. The third-order valence-electron chi connectivity index (χ3n) is 2.94. The molecule has 1 N–H and O–H groups in total. The van der Waals surface area contributed by atoms with E-state index < -0.39 is 0 Å². The van der Waals surface area contributed by atoms with E-state index in [4.69, 9.17) is 16.3 Å². The van der Waals surface area contributed by atoms with Gasteiger partial charge in [0.2, 0.25) is 5.91 Å². The van der Waals surface area contributed by atoms with Gasteiger partial charge in [-0.05, 0) is 64.3 Å². The number of hydrogen-bond donors (Lipinski definition) is 1. The van der Waals surface area contributed by atoms with Gasteiger partial charge in [-0.2, -0.15) is 5.10 Å². The molecular weight excluding hydrogens is 380 g/mol. The molecule has 6 heteroatoms. The molecule has 0 unspecified atom stereocenters. The third kappa shape index (κ3) is 5.69. The highest BCUT2D eigenvalue weighted by Gasteiger charge is 2.03. The molecule has 0 heterocycles. The van der Waals surface area contributed by atoms with Gasteiger partial charge < -0.3 is 4.74 Å². The van der Waals surface area contributed by atoms with Gasteiger partial charge >= 0.3 is 0 Å². The van der Waals surface area contributed by atoms with Crippen LogP contribution in [-0.4, -0.2) is 18.7 Å². The zero-order valence-corrected chi connectivity index (χ0v) is 14.9. The predicted molar refractivity (Wildman–Crippen MR) is 96.2 cm³/mol. The monoisotopic (exact) mass is 394 g/mol. The number of ether oxygens (including phenoxy) is 1. The number of hydrazone groups is 1. The first kappa shape index (κ1) is 17.5. The highest BCUT2D eigenvalue weighted by Crippen LogP contribution is 2.25. The first-order chi connectivity index (χ1) is 11.1. The number of carbonyl (C=O) groups is 1. The molecule has 0 aliphatic carbocycles. The van der Waals surface area contributed by atoms with Crippen LogP contribution in [-0.2, 0) is 11.2 Å². The van der Waals surface area contributed by atoms with E-state index in [1.54, 1.807) is 18.3 Å². The highest BCUT2D eigenvalue weighted by atomic mass is 79.9. The first-order valence-corrected chi connectivity index (χ1v) is 8.24. The molecule has 0 saturated heterocycles. The molecule has 1 amide bonds. The molecule has 120 valence electrons. The van der Waals surface area contributed by atoms with Gasteiger partial charge in [-0.25, -0.2) is 5.43 Å². The summed E-state index contributed by atoms with van der Waals surface area (Å²) in [5.74, 6) is 0.588. The van der Waals surface area contributed by atoms with Gasteiger partial charge in [-0.1, -0.05) is 23.7 Å². The molecule has 0 spiro atoms. The molecule has 0 fully saturated rings. The quantitative estimate of drug-likeness (QED) is 0.589. The number of rotatable bonds is 6. The van der Waals surface area contributed by atoms with Crippen LogP contribution in [0, 0.1) is 0 Å². The summed E-state index contributed by atoms with van der Waals surface area (Å²) < 4.78 is 6.28. The number of hydrogen-bond acceptors (Lipinski definition) is 3. The van der Waals surface area contributed by atoms with Gasteiger partial charge in [0.1, 0.15) is 5.75 Å². The van der Waals surface area contributed by atoms with Crippen LogP contribution in [0.5, 0.6) is 5.75 Å². The Bertz CT molecular complexity index is 702. The van der Waals surface area contributed by atoms with Crippen molar-refractivity contribution in [3.8, 4) is 5.75 Å². The zero-order chi connectivity index (χ0) is 16.7. The lowest BCUT2D eigenvalue weighted by Gasteiger charge is -2.05. The summed E-state index contributed by atoms with van der Waals surface area (Å²) in [4.78, 5) is 11.8. The smallest absolute Gasteiger partial charge is 0.244 e. The number of halogens is 2. The minimum Gasteiger partial charge on any atom is -0.493 e. The van der Waals surface area contributed by atoms with Crippen LogP contribution in [0.3, 0.4) is 0 Å². The van der Waals surface area contributed by atoms with E-state index >= 15 is 0 Å². The standard InChI is InChI=1S/C17H16BrClN2O2/c1-2-23-16-8-5-13(9-15(16)18)11-20-21-17(22)10-12-3-6-14(19)7-4-12/h3-9,11H,2,10H2,1H3,(H,21,22)/b20-11-. The Labute approximate surface area is 148 Å². The maximum atomic E-state index is 11.8. The zero-order valence-electron chi connectivity index (χ0n) is 12.6. The number of nitrogens with zero attached hydrogens (tertiary/aromatic N) is 1. The van der Waals surface area contributed by atoms with E-state index in [1.807, 2.05) is 37.3 Å².